The van der Waals surface area contributed by atoms with Crippen molar-refractivity contribution in [2.24, 2.45) is 0 Å². The van der Waals surface area contributed by atoms with Gasteiger partial charge in [-0.15, -0.1) is 0 Å². The molecule has 0 saturated heterocycles. The number of rotatable bonds is 3. The highest BCUT2D eigenvalue weighted by Gasteiger charge is 2.10. The Balaban J connectivity index is 2.19. The summed E-state index contributed by atoms with van der Waals surface area (Å²) in [5.41, 5.74) is 0.282. The van der Waals surface area contributed by atoms with Crippen molar-refractivity contribution in [2.45, 2.75) is 0 Å². The van der Waals surface area contributed by atoms with Crippen molar-refractivity contribution >= 4 is 11.6 Å². The first-order valence-electron chi connectivity index (χ1n) is 5.27. The van der Waals surface area contributed by atoms with Crippen LogP contribution in [-0.4, -0.2) is 18.0 Å². The number of aromatic nitrogens is 1. The van der Waals surface area contributed by atoms with Crippen LogP contribution in [0, 0.1) is 5.82 Å². The molecule has 0 unspecified atom stereocenters. The highest BCUT2D eigenvalue weighted by atomic mass is 19.1. The predicted molar refractivity (Wildman–Crippen MR) is 65.1 cm³/mol. The third kappa shape index (κ3) is 2.63. The van der Waals surface area contributed by atoms with Gasteiger partial charge in [-0.2, -0.15) is 0 Å². The second-order valence-corrected chi connectivity index (χ2v) is 3.50. The van der Waals surface area contributed by atoms with E-state index >= 15 is 0 Å². The van der Waals surface area contributed by atoms with Crippen LogP contribution in [0.2, 0.25) is 0 Å². The summed E-state index contributed by atoms with van der Waals surface area (Å²) in [6, 6.07) is 10.7. The third-order valence-corrected chi connectivity index (χ3v) is 2.29. The van der Waals surface area contributed by atoms with E-state index in [1.807, 2.05) is 0 Å². The van der Waals surface area contributed by atoms with Gasteiger partial charge in [-0.05, 0) is 18.2 Å². The van der Waals surface area contributed by atoms with Crippen LogP contribution in [0.3, 0.4) is 0 Å². The molecule has 2 rings (SSSR count). The molecule has 0 saturated carbocycles. The number of hydrogen-bond donors (Lipinski definition) is 1. The number of carbonyl (C=O) groups is 1. The Hall–Kier alpha value is -2.43. The van der Waals surface area contributed by atoms with Gasteiger partial charge in [0.05, 0.1) is 12.8 Å². The maximum absolute atomic E-state index is 13.4. The Kier molecular flexibility index (Phi) is 3.52. The molecule has 0 bridgehead atoms. The molecule has 0 aliphatic heterocycles. The van der Waals surface area contributed by atoms with E-state index < -0.39 is 11.7 Å². The predicted octanol–water partition coefficient (Wildman–Crippen LogP) is 2.48. The molecule has 2 aromatic rings. The standard InChI is InChI=1S/C13H11FN2O2/c1-18-12-8-4-7-11(15-12)13(17)16-10-6-3-2-5-9(10)14/h2-8H,1H3,(H,16,17). The molecule has 0 aliphatic carbocycles. The van der Waals surface area contributed by atoms with Crippen LogP contribution >= 0.6 is 0 Å². The van der Waals surface area contributed by atoms with E-state index in [0.717, 1.165) is 0 Å². The molecule has 1 aromatic heterocycles. The number of halogens is 1. The zero-order valence-electron chi connectivity index (χ0n) is 9.68. The van der Waals surface area contributed by atoms with E-state index in [-0.39, 0.29) is 11.4 Å². The molecular formula is C13H11FN2O2. The quantitative estimate of drug-likeness (QED) is 0.905. The average Bonchev–Trinajstić information content (AvgIpc) is 2.41. The Labute approximate surface area is 103 Å². The van der Waals surface area contributed by atoms with Gasteiger partial charge in [0.25, 0.3) is 5.91 Å². The summed E-state index contributed by atoms with van der Waals surface area (Å²) in [5, 5.41) is 2.45. The minimum Gasteiger partial charge on any atom is -0.481 e. The maximum atomic E-state index is 13.4. The number of carbonyl (C=O) groups excluding carboxylic acids is 1. The van der Waals surface area contributed by atoms with Crippen molar-refractivity contribution in [2.75, 3.05) is 12.4 Å². The number of ether oxygens (including phenoxy) is 1. The monoisotopic (exact) mass is 246 g/mol. The van der Waals surface area contributed by atoms with Crippen LogP contribution in [0.15, 0.2) is 42.5 Å². The lowest BCUT2D eigenvalue weighted by molar-refractivity contribution is 0.102. The smallest absolute Gasteiger partial charge is 0.274 e. The van der Waals surface area contributed by atoms with E-state index in [9.17, 15) is 9.18 Å². The first-order chi connectivity index (χ1) is 8.70. The van der Waals surface area contributed by atoms with Gasteiger partial charge < -0.3 is 10.1 Å². The van der Waals surface area contributed by atoms with Gasteiger partial charge in [-0.1, -0.05) is 18.2 Å². The fourth-order valence-electron chi connectivity index (χ4n) is 1.40. The lowest BCUT2D eigenvalue weighted by Gasteiger charge is -2.06. The molecule has 5 heteroatoms. The molecule has 1 heterocycles. The molecule has 0 radical (unpaired) electrons. The Morgan fingerprint density at radius 3 is 2.72 bits per heavy atom. The van der Waals surface area contributed by atoms with Gasteiger partial charge in [-0.25, -0.2) is 9.37 Å². The highest BCUT2D eigenvalue weighted by Crippen LogP contribution is 2.14. The topological polar surface area (TPSA) is 51.2 Å². The van der Waals surface area contributed by atoms with Crippen LogP contribution in [0.25, 0.3) is 0 Å². The Morgan fingerprint density at radius 2 is 2.00 bits per heavy atom. The molecule has 1 amide bonds. The summed E-state index contributed by atoms with van der Waals surface area (Å²) in [7, 11) is 1.46. The van der Waals surface area contributed by atoms with Gasteiger partial charge in [0.1, 0.15) is 11.5 Å². The SMILES string of the molecule is COc1cccc(C(=O)Nc2ccccc2F)n1. The fourth-order valence-corrected chi connectivity index (χ4v) is 1.40. The fraction of sp³-hybridized carbons (Fsp3) is 0.0769. The van der Waals surface area contributed by atoms with Crippen molar-refractivity contribution in [3.05, 3.63) is 54.0 Å². The van der Waals surface area contributed by atoms with E-state index in [0.29, 0.717) is 5.88 Å². The second-order valence-electron chi connectivity index (χ2n) is 3.50. The number of benzene rings is 1. The van der Waals surface area contributed by atoms with Crippen molar-refractivity contribution < 1.29 is 13.9 Å². The molecule has 0 atom stereocenters. The molecule has 92 valence electrons. The van der Waals surface area contributed by atoms with Crippen LogP contribution in [0.5, 0.6) is 5.88 Å². The van der Waals surface area contributed by atoms with E-state index in [2.05, 4.69) is 10.3 Å². The summed E-state index contributed by atoms with van der Waals surface area (Å²) in [6.45, 7) is 0. The van der Waals surface area contributed by atoms with Crippen LogP contribution in [-0.2, 0) is 0 Å². The number of anilines is 1. The number of pyridine rings is 1. The zero-order chi connectivity index (χ0) is 13.0. The second kappa shape index (κ2) is 5.27. The number of amides is 1. The molecule has 1 N–H and O–H groups in total. The summed E-state index contributed by atoms with van der Waals surface area (Å²) in [6.07, 6.45) is 0. The van der Waals surface area contributed by atoms with Crippen molar-refractivity contribution in [1.82, 2.24) is 4.98 Å². The summed E-state index contributed by atoms with van der Waals surface area (Å²) >= 11 is 0. The number of nitrogens with one attached hydrogen (secondary N) is 1. The van der Waals surface area contributed by atoms with Crippen molar-refractivity contribution in [3.63, 3.8) is 0 Å². The normalized spacial score (nSPS) is 9.89. The highest BCUT2D eigenvalue weighted by molar-refractivity contribution is 6.02. The largest absolute Gasteiger partial charge is 0.481 e. The summed E-state index contributed by atoms with van der Waals surface area (Å²) in [5.74, 6) is -0.649. The zero-order valence-corrected chi connectivity index (χ0v) is 9.68. The van der Waals surface area contributed by atoms with E-state index in [1.54, 1.807) is 24.3 Å². The van der Waals surface area contributed by atoms with Gasteiger partial charge in [-0.3, -0.25) is 4.79 Å². The molecule has 0 fully saturated rings. The van der Waals surface area contributed by atoms with Crippen molar-refractivity contribution in [3.8, 4) is 5.88 Å². The van der Waals surface area contributed by atoms with Crippen molar-refractivity contribution in [1.29, 1.82) is 0 Å². The Bertz CT molecular complexity index is 572. The molecule has 4 nitrogen and oxygen atoms in total. The number of para-hydroxylation sites is 1. The van der Waals surface area contributed by atoms with Crippen LogP contribution in [0.4, 0.5) is 10.1 Å². The molecule has 18 heavy (non-hydrogen) atoms. The lowest BCUT2D eigenvalue weighted by atomic mass is 10.3. The molecule has 0 spiro atoms. The maximum Gasteiger partial charge on any atom is 0.274 e. The first kappa shape index (κ1) is 12.0. The number of methoxy groups -OCH3 is 1. The molecule has 1 aromatic carbocycles. The average molecular weight is 246 g/mol. The first-order valence-corrected chi connectivity index (χ1v) is 5.27. The van der Waals surface area contributed by atoms with Gasteiger partial charge in [0.2, 0.25) is 5.88 Å². The van der Waals surface area contributed by atoms with Gasteiger partial charge in [0.15, 0.2) is 0 Å². The van der Waals surface area contributed by atoms with Crippen LogP contribution < -0.4 is 10.1 Å². The minimum atomic E-state index is -0.492. The van der Waals surface area contributed by atoms with Gasteiger partial charge in [0, 0.05) is 6.07 Å². The number of nitrogens with zero attached hydrogens (tertiary/aromatic N) is 1. The Morgan fingerprint density at radius 1 is 1.22 bits per heavy atom. The summed E-state index contributed by atoms with van der Waals surface area (Å²) in [4.78, 5) is 15.8. The van der Waals surface area contributed by atoms with Gasteiger partial charge >= 0.3 is 0 Å². The van der Waals surface area contributed by atoms with E-state index in [4.69, 9.17) is 4.74 Å². The number of hydrogen-bond acceptors (Lipinski definition) is 3. The third-order valence-electron chi connectivity index (χ3n) is 2.29. The molecular weight excluding hydrogens is 235 g/mol. The van der Waals surface area contributed by atoms with E-state index in [1.165, 1.54) is 25.3 Å². The van der Waals surface area contributed by atoms with Crippen LogP contribution in [0.1, 0.15) is 10.5 Å². The molecule has 0 aliphatic rings. The minimum absolute atomic E-state index is 0.118. The summed E-state index contributed by atoms with van der Waals surface area (Å²) < 4.78 is 18.3. The lowest BCUT2D eigenvalue weighted by Crippen LogP contribution is -2.14.